The second-order valence-corrected chi connectivity index (χ2v) is 4.96. The van der Waals surface area contributed by atoms with Crippen LogP contribution >= 0.6 is 15.9 Å². The van der Waals surface area contributed by atoms with Crippen LogP contribution in [0.2, 0.25) is 0 Å². The molecule has 0 spiro atoms. The van der Waals surface area contributed by atoms with Crippen molar-refractivity contribution in [2.75, 3.05) is 0 Å². The maximum Gasteiger partial charge on any atom is 0.417 e. The van der Waals surface area contributed by atoms with E-state index in [1.165, 1.54) is 36.4 Å². The minimum atomic E-state index is -4.44. The van der Waals surface area contributed by atoms with Crippen molar-refractivity contribution in [2.24, 2.45) is 5.73 Å². The summed E-state index contributed by atoms with van der Waals surface area (Å²) >= 11 is 3.14. The normalized spacial score (nSPS) is 11.4. The molecule has 0 saturated heterocycles. The molecule has 2 aromatic rings. The lowest BCUT2D eigenvalue weighted by molar-refractivity contribution is -0.137. The topological polar surface area (TPSA) is 43.1 Å². The molecule has 0 radical (unpaired) electrons. The number of rotatable bonds is 2. The van der Waals surface area contributed by atoms with Crippen LogP contribution in [0.5, 0.6) is 0 Å². The molecule has 0 saturated carbocycles. The Balaban J connectivity index is 2.59. The Kier molecular flexibility index (Phi) is 3.85. The Bertz CT molecular complexity index is 668. The van der Waals surface area contributed by atoms with Crippen LogP contribution in [0.15, 0.2) is 46.9 Å². The summed E-state index contributed by atoms with van der Waals surface area (Å²) < 4.78 is 39.2. The van der Waals surface area contributed by atoms with Crippen molar-refractivity contribution in [1.29, 1.82) is 0 Å². The van der Waals surface area contributed by atoms with E-state index >= 15 is 0 Å². The summed E-state index contributed by atoms with van der Waals surface area (Å²) in [6, 6.07) is 9.55. The zero-order valence-corrected chi connectivity index (χ0v) is 11.6. The highest BCUT2D eigenvalue weighted by atomic mass is 79.9. The smallest absolute Gasteiger partial charge is 0.366 e. The van der Waals surface area contributed by atoms with Gasteiger partial charge in [0, 0.05) is 4.47 Å². The highest BCUT2D eigenvalue weighted by Crippen LogP contribution is 2.37. The Morgan fingerprint density at radius 3 is 2.30 bits per heavy atom. The highest BCUT2D eigenvalue weighted by Gasteiger charge is 2.33. The third-order valence-corrected chi connectivity index (χ3v) is 3.43. The summed E-state index contributed by atoms with van der Waals surface area (Å²) in [5.41, 5.74) is 5.06. The Labute approximate surface area is 121 Å². The molecule has 0 fully saturated rings. The van der Waals surface area contributed by atoms with Gasteiger partial charge in [-0.1, -0.05) is 24.3 Å². The zero-order chi connectivity index (χ0) is 14.9. The van der Waals surface area contributed by atoms with Gasteiger partial charge in [0.25, 0.3) is 0 Å². The van der Waals surface area contributed by atoms with Gasteiger partial charge in [0.15, 0.2) is 0 Å². The second-order valence-electron chi connectivity index (χ2n) is 4.10. The van der Waals surface area contributed by atoms with E-state index in [0.717, 1.165) is 6.07 Å². The fourth-order valence-corrected chi connectivity index (χ4v) is 2.44. The standard InChI is InChI=1S/C14H9BrF3NO/c15-12-7-8(5-6-10(12)13(19)20)9-3-1-2-4-11(9)14(16,17)18/h1-7H,(H2,19,20). The Morgan fingerprint density at radius 1 is 1.10 bits per heavy atom. The lowest BCUT2D eigenvalue weighted by Crippen LogP contribution is -2.11. The highest BCUT2D eigenvalue weighted by molar-refractivity contribution is 9.10. The first kappa shape index (κ1) is 14.6. The van der Waals surface area contributed by atoms with Gasteiger partial charge in [0.05, 0.1) is 11.1 Å². The molecule has 6 heteroatoms. The third-order valence-electron chi connectivity index (χ3n) is 2.78. The zero-order valence-electron chi connectivity index (χ0n) is 10.0. The number of alkyl halides is 3. The van der Waals surface area contributed by atoms with Crippen LogP contribution in [0.1, 0.15) is 15.9 Å². The van der Waals surface area contributed by atoms with E-state index in [-0.39, 0.29) is 11.1 Å². The van der Waals surface area contributed by atoms with Crippen molar-refractivity contribution in [2.45, 2.75) is 6.18 Å². The average molecular weight is 344 g/mol. The van der Waals surface area contributed by atoms with Crippen molar-refractivity contribution in [3.63, 3.8) is 0 Å². The molecule has 2 N–H and O–H groups in total. The summed E-state index contributed by atoms with van der Waals surface area (Å²) in [4.78, 5) is 11.1. The van der Waals surface area contributed by atoms with E-state index in [2.05, 4.69) is 15.9 Å². The molecule has 0 bridgehead atoms. The number of hydrogen-bond donors (Lipinski definition) is 1. The molecule has 0 aromatic heterocycles. The molecule has 0 aliphatic carbocycles. The molecule has 0 heterocycles. The van der Waals surface area contributed by atoms with E-state index in [0.29, 0.717) is 10.0 Å². The first-order valence-electron chi connectivity index (χ1n) is 5.56. The third kappa shape index (κ3) is 2.85. The van der Waals surface area contributed by atoms with Crippen molar-refractivity contribution < 1.29 is 18.0 Å². The van der Waals surface area contributed by atoms with Crippen molar-refractivity contribution in [1.82, 2.24) is 0 Å². The lowest BCUT2D eigenvalue weighted by Gasteiger charge is -2.13. The molecule has 104 valence electrons. The van der Waals surface area contributed by atoms with Crippen LogP contribution in [0, 0.1) is 0 Å². The predicted octanol–water partition coefficient (Wildman–Crippen LogP) is 4.23. The largest absolute Gasteiger partial charge is 0.417 e. The fraction of sp³-hybridized carbons (Fsp3) is 0.0714. The minimum Gasteiger partial charge on any atom is -0.366 e. The lowest BCUT2D eigenvalue weighted by atomic mass is 9.98. The molecule has 1 amide bonds. The van der Waals surface area contributed by atoms with Gasteiger partial charge in [-0.2, -0.15) is 13.2 Å². The van der Waals surface area contributed by atoms with Gasteiger partial charge in [-0.05, 0) is 45.3 Å². The van der Waals surface area contributed by atoms with Crippen LogP contribution in [-0.2, 0) is 6.18 Å². The molecule has 0 aliphatic rings. The second kappa shape index (κ2) is 5.28. The van der Waals surface area contributed by atoms with Crippen LogP contribution in [0.25, 0.3) is 11.1 Å². The van der Waals surface area contributed by atoms with Gasteiger partial charge in [-0.15, -0.1) is 0 Å². The average Bonchev–Trinajstić information content (AvgIpc) is 2.37. The number of primary amides is 1. The first-order valence-corrected chi connectivity index (χ1v) is 6.36. The van der Waals surface area contributed by atoms with Crippen molar-refractivity contribution in [3.8, 4) is 11.1 Å². The summed E-state index contributed by atoms with van der Waals surface area (Å²) in [5.74, 6) is -0.646. The summed E-state index contributed by atoms with van der Waals surface area (Å²) in [5, 5.41) is 0. The molecule has 0 aliphatic heterocycles. The van der Waals surface area contributed by atoms with Gasteiger partial charge >= 0.3 is 6.18 Å². The predicted molar refractivity (Wildman–Crippen MR) is 73.1 cm³/mol. The minimum absolute atomic E-state index is 0.0525. The van der Waals surface area contributed by atoms with E-state index in [4.69, 9.17) is 5.73 Å². The number of halogens is 4. The Hall–Kier alpha value is -1.82. The monoisotopic (exact) mass is 343 g/mol. The molecular formula is C14H9BrF3NO. The number of nitrogens with two attached hydrogens (primary N) is 1. The number of benzene rings is 2. The van der Waals surface area contributed by atoms with Crippen molar-refractivity contribution in [3.05, 3.63) is 58.1 Å². The van der Waals surface area contributed by atoms with Crippen LogP contribution < -0.4 is 5.73 Å². The van der Waals surface area contributed by atoms with E-state index in [1.54, 1.807) is 0 Å². The molecule has 0 unspecified atom stereocenters. The Morgan fingerprint density at radius 2 is 1.75 bits per heavy atom. The summed E-state index contributed by atoms with van der Waals surface area (Å²) in [7, 11) is 0. The molecule has 2 rings (SSSR count). The van der Waals surface area contributed by atoms with Gasteiger partial charge in [0.1, 0.15) is 0 Å². The SMILES string of the molecule is NC(=O)c1ccc(-c2ccccc2C(F)(F)F)cc1Br. The van der Waals surface area contributed by atoms with Gasteiger partial charge in [0.2, 0.25) is 5.91 Å². The van der Waals surface area contributed by atoms with E-state index in [9.17, 15) is 18.0 Å². The number of hydrogen-bond acceptors (Lipinski definition) is 1. The van der Waals surface area contributed by atoms with E-state index < -0.39 is 17.6 Å². The van der Waals surface area contributed by atoms with Crippen LogP contribution in [0.3, 0.4) is 0 Å². The summed E-state index contributed by atoms with van der Waals surface area (Å²) in [6.07, 6.45) is -4.44. The van der Waals surface area contributed by atoms with E-state index in [1.807, 2.05) is 0 Å². The van der Waals surface area contributed by atoms with Crippen LogP contribution in [-0.4, -0.2) is 5.91 Å². The maximum atomic E-state index is 13.0. The molecule has 20 heavy (non-hydrogen) atoms. The number of amides is 1. The van der Waals surface area contributed by atoms with Crippen LogP contribution in [0.4, 0.5) is 13.2 Å². The van der Waals surface area contributed by atoms with Crippen molar-refractivity contribution >= 4 is 21.8 Å². The number of carbonyl (C=O) groups is 1. The molecule has 0 atom stereocenters. The van der Waals surface area contributed by atoms with Gasteiger partial charge in [-0.3, -0.25) is 4.79 Å². The maximum absolute atomic E-state index is 13.0. The first-order chi connectivity index (χ1) is 9.30. The number of carbonyl (C=O) groups excluding carboxylic acids is 1. The molecular weight excluding hydrogens is 335 g/mol. The quantitative estimate of drug-likeness (QED) is 0.870. The fourth-order valence-electron chi connectivity index (χ4n) is 1.86. The molecule has 2 aromatic carbocycles. The van der Waals surface area contributed by atoms with Gasteiger partial charge < -0.3 is 5.73 Å². The summed E-state index contributed by atoms with van der Waals surface area (Å²) in [6.45, 7) is 0. The van der Waals surface area contributed by atoms with Gasteiger partial charge in [-0.25, -0.2) is 0 Å². The molecule has 2 nitrogen and oxygen atoms in total.